The summed E-state index contributed by atoms with van der Waals surface area (Å²) in [5.74, 6) is 0.0633. The Hall–Kier alpha value is -1.81. The smallest absolute Gasteiger partial charge is 0.224 e. The van der Waals surface area contributed by atoms with Gasteiger partial charge in [0.15, 0.2) is 5.06 Å². The van der Waals surface area contributed by atoms with Gasteiger partial charge in [-0.25, -0.2) is 0 Å². The molecule has 2 aromatic rings. The quantitative estimate of drug-likeness (QED) is 0.880. The second-order valence-electron chi connectivity index (χ2n) is 4.24. The van der Waals surface area contributed by atoms with Crippen LogP contribution in [0.2, 0.25) is 0 Å². The number of benzene rings is 1. The molecular formula is C15H17NO2S. The molecule has 0 saturated heterocycles. The Morgan fingerprint density at radius 3 is 2.74 bits per heavy atom. The molecule has 0 aliphatic rings. The zero-order valence-corrected chi connectivity index (χ0v) is 11.7. The largest absolute Gasteiger partial charge is 0.487 e. The van der Waals surface area contributed by atoms with E-state index < -0.39 is 0 Å². The van der Waals surface area contributed by atoms with Gasteiger partial charge in [-0.3, -0.25) is 4.79 Å². The van der Waals surface area contributed by atoms with E-state index in [0.29, 0.717) is 13.0 Å². The minimum atomic E-state index is 0.0633. The first kappa shape index (κ1) is 13.6. The van der Waals surface area contributed by atoms with Crippen LogP contribution in [0.1, 0.15) is 11.1 Å². The third kappa shape index (κ3) is 4.41. The van der Waals surface area contributed by atoms with Crippen LogP contribution in [-0.4, -0.2) is 19.6 Å². The highest BCUT2D eigenvalue weighted by Gasteiger charge is 2.03. The Morgan fingerprint density at radius 1 is 1.26 bits per heavy atom. The number of carbonyl (C=O) groups excluding carboxylic acids is 1. The van der Waals surface area contributed by atoms with E-state index in [2.05, 4.69) is 10.7 Å². The van der Waals surface area contributed by atoms with Crippen LogP contribution in [0, 0.1) is 0 Å². The summed E-state index contributed by atoms with van der Waals surface area (Å²) in [6, 6.07) is 11.8. The molecule has 0 fully saturated rings. The molecule has 19 heavy (non-hydrogen) atoms. The zero-order valence-electron chi connectivity index (χ0n) is 10.9. The van der Waals surface area contributed by atoms with Gasteiger partial charge in [0.2, 0.25) is 5.91 Å². The number of hydrogen-bond acceptors (Lipinski definition) is 3. The molecule has 0 saturated carbocycles. The van der Waals surface area contributed by atoms with Crippen LogP contribution in [0.4, 0.5) is 0 Å². The van der Waals surface area contributed by atoms with Crippen molar-refractivity contribution in [3.05, 3.63) is 52.9 Å². The topological polar surface area (TPSA) is 38.3 Å². The maximum atomic E-state index is 11.7. The van der Waals surface area contributed by atoms with Gasteiger partial charge in [0.05, 0.1) is 13.5 Å². The highest BCUT2D eigenvalue weighted by Crippen LogP contribution is 2.22. The Bertz CT molecular complexity index is 522. The van der Waals surface area contributed by atoms with E-state index in [9.17, 15) is 4.79 Å². The van der Waals surface area contributed by atoms with Gasteiger partial charge < -0.3 is 10.1 Å². The number of ether oxygens (including phenoxy) is 1. The standard InChI is InChI=1S/C15H17NO2S/c1-18-15-10-13(11-19-15)7-8-16-14(17)9-12-5-3-2-4-6-12/h2-6,10-11H,7-9H2,1H3,(H,16,17). The van der Waals surface area contributed by atoms with E-state index in [0.717, 1.165) is 17.0 Å². The third-order valence-corrected chi connectivity index (χ3v) is 3.71. The van der Waals surface area contributed by atoms with Gasteiger partial charge in [0, 0.05) is 6.54 Å². The first-order valence-corrected chi connectivity index (χ1v) is 7.08. The summed E-state index contributed by atoms with van der Waals surface area (Å²) in [5, 5.41) is 5.90. The monoisotopic (exact) mass is 275 g/mol. The van der Waals surface area contributed by atoms with Crippen LogP contribution in [0.25, 0.3) is 0 Å². The summed E-state index contributed by atoms with van der Waals surface area (Å²) >= 11 is 1.58. The van der Waals surface area contributed by atoms with Crippen molar-refractivity contribution in [1.82, 2.24) is 5.32 Å². The number of methoxy groups -OCH3 is 1. The highest BCUT2D eigenvalue weighted by atomic mass is 32.1. The molecule has 0 atom stereocenters. The van der Waals surface area contributed by atoms with Crippen molar-refractivity contribution in [1.29, 1.82) is 0 Å². The van der Waals surface area contributed by atoms with Crippen LogP contribution < -0.4 is 10.1 Å². The molecule has 3 nitrogen and oxygen atoms in total. The highest BCUT2D eigenvalue weighted by molar-refractivity contribution is 7.12. The molecule has 1 aromatic heterocycles. The van der Waals surface area contributed by atoms with E-state index in [-0.39, 0.29) is 5.91 Å². The summed E-state index contributed by atoms with van der Waals surface area (Å²) in [5.41, 5.74) is 2.24. The van der Waals surface area contributed by atoms with Gasteiger partial charge >= 0.3 is 0 Å². The molecule has 0 aliphatic heterocycles. The molecule has 0 spiro atoms. The van der Waals surface area contributed by atoms with E-state index in [1.54, 1.807) is 18.4 Å². The van der Waals surface area contributed by atoms with Crippen molar-refractivity contribution in [2.24, 2.45) is 0 Å². The molecule has 0 aliphatic carbocycles. The molecule has 1 aromatic carbocycles. The summed E-state index contributed by atoms with van der Waals surface area (Å²) in [6.45, 7) is 0.658. The lowest BCUT2D eigenvalue weighted by molar-refractivity contribution is -0.120. The Kier molecular flexibility index (Phi) is 4.98. The van der Waals surface area contributed by atoms with Gasteiger partial charge in [-0.05, 0) is 29.0 Å². The van der Waals surface area contributed by atoms with E-state index >= 15 is 0 Å². The molecule has 100 valence electrons. The van der Waals surface area contributed by atoms with Crippen LogP contribution in [0.3, 0.4) is 0 Å². The van der Waals surface area contributed by atoms with Gasteiger partial charge in [0.1, 0.15) is 0 Å². The lowest BCUT2D eigenvalue weighted by atomic mass is 10.1. The number of carbonyl (C=O) groups is 1. The second kappa shape index (κ2) is 6.95. The molecule has 0 radical (unpaired) electrons. The number of hydrogen-bond donors (Lipinski definition) is 1. The van der Waals surface area contributed by atoms with Gasteiger partial charge in [-0.15, -0.1) is 11.3 Å². The van der Waals surface area contributed by atoms with Crippen LogP contribution in [0.15, 0.2) is 41.8 Å². The molecule has 1 heterocycles. The maximum Gasteiger partial charge on any atom is 0.224 e. The fourth-order valence-electron chi connectivity index (χ4n) is 1.78. The first-order valence-electron chi connectivity index (χ1n) is 6.20. The minimum absolute atomic E-state index is 0.0633. The van der Waals surface area contributed by atoms with Crippen molar-refractivity contribution in [3.8, 4) is 5.06 Å². The SMILES string of the molecule is COc1cc(CCNC(=O)Cc2ccccc2)cs1. The van der Waals surface area contributed by atoms with Crippen molar-refractivity contribution in [2.45, 2.75) is 12.8 Å². The molecule has 0 bridgehead atoms. The Balaban J connectivity index is 1.72. The van der Waals surface area contributed by atoms with E-state index in [4.69, 9.17) is 4.74 Å². The molecule has 0 unspecified atom stereocenters. The Morgan fingerprint density at radius 2 is 2.05 bits per heavy atom. The summed E-state index contributed by atoms with van der Waals surface area (Å²) < 4.78 is 5.13. The van der Waals surface area contributed by atoms with E-state index in [1.165, 1.54) is 5.56 Å². The van der Waals surface area contributed by atoms with Crippen LogP contribution in [-0.2, 0) is 17.6 Å². The maximum absolute atomic E-state index is 11.7. The lowest BCUT2D eigenvalue weighted by Crippen LogP contribution is -2.27. The van der Waals surface area contributed by atoms with Gasteiger partial charge in [-0.1, -0.05) is 30.3 Å². The number of rotatable bonds is 6. The predicted octanol–water partition coefficient (Wildman–Crippen LogP) is 2.66. The average Bonchev–Trinajstić information content (AvgIpc) is 2.88. The third-order valence-electron chi connectivity index (χ3n) is 2.77. The van der Waals surface area contributed by atoms with E-state index in [1.807, 2.05) is 36.4 Å². The molecular weight excluding hydrogens is 258 g/mol. The van der Waals surface area contributed by atoms with Crippen molar-refractivity contribution in [3.63, 3.8) is 0 Å². The van der Waals surface area contributed by atoms with Crippen molar-refractivity contribution < 1.29 is 9.53 Å². The van der Waals surface area contributed by atoms with Gasteiger partial charge in [-0.2, -0.15) is 0 Å². The predicted molar refractivity (Wildman–Crippen MR) is 77.7 cm³/mol. The van der Waals surface area contributed by atoms with Crippen LogP contribution in [0.5, 0.6) is 5.06 Å². The summed E-state index contributed by atoms with van der Waals surface area (Å²) in [6.07, 6.45) is 1.27. The first-order chi connectivity index (χ1) is 9.28. The van der Waals surface area contributed by atoms with Crippen molar-refractivity contribution in [2.75, 3.05) is 13.7 Å². The lowest BCUT2D eigenvalue weighted by Gasteiger charge is -2.04. The number of nitrogens with one attached hydrogen (secondary N) is 1. The fourth-order valence-corrected chi connectivity index (χ4v) is 2.55. The number of thiophene rings is 1. The zero-order chi connectivity index (χ0) is 13.5. The Labute approximate surface area is 117 Å². The normalized spacial score (nSPS) is 10.2. The molecule has 4 heteroatoms. The minimum Gasteiger partial charge on any atom is -0.487 e. The average molecular weight is 275 g/mol. The van der Waals surface area contributed by atoms with Gasteiger partial charge in [0.25, 0.3) is 0 Å². The molecule has 1 N–H and O–H groups in total. The number of amides is 1. The second-order valence-corrected chi connectivity index (χ2v) is 5.11. The molecule has 2 rings (SSSR count). The summed E-state index contributed by atoms with van der Waals surface area (Å²) in [7, 11) is 1.66. The summed E-state index contributed by atoms with van der Waals surface area (Å²) in [4.78, 5) is 11.7. The van der Waals surface area contributed by atoms with Crippen molar-refractivity contribution >= 4 is 17.2 Å². The van der Waals surface area contributed by atoms with Crippen LogP contribution >= 0.6 is 11.3 Å². The fraction of sp³-hybridized carbons (Fsp3) is 0.267. The molecule has 1 amide bonds.